The molecule has 146 valence electrons. The average molecular weight is 393 g/mol. The number of benzene rings is 2. The van der Waals surface area contributed by atoms with Crippen LogP contribution in [0.25, 0.3) is 0 Å². The second kappa shape index (κ2) is 8.71. The predicted molar refractivity (Wildman–Crippen MR) is 101 cm³/mol. The molecule has 3 rings (SSSR count). The normalized spacial score (nSPS) is 16.2. The van der Waals surface area contributed by atoms with Gasteiger partial charge in [0.2, 0.25) is 10.0 Å². The maximum atomic E-state index is 12.9. The molecular formula is C20H24FNO4S. The Bertz CT molecular complexity index is 829. The number of rotatable bonds is 7. The van der Waals surface area contributed by atoms with Gasteiger partial charge in [-0.05, 0) is 74.2 Å². The van der Waals surface area contributed by atoms with Crippen LogP contribution in [0.5, 0.6) is 11.5 Å². The first kappa shape index (κ1) is 19.6. The molecular weight excluding hydrogens is 369 g/mol. The van der Waals surface area contributed by atoms with Crippen LogP contribution in [0, 0.1) is 11.7 Å². The van der Waals surface area contributed by atoms with Gasteiger partial charge in [-0.15, -0.1) is 0 Å². The Balaban J connectivity index is 1.53. The lowest BCUT2D eigenvalue weighted by Crippen LogP contribution is -2.39. The number of hydrogen-bond acceptors (Lipinski definition) is 4. The van der Waals surface area contributed by atoms with Crippen LogP contribution in [0.3, 0.4) is 0 Å². The number of hydrogen-bond donors (Lipinski definition) is 0. The first-order valence-corrected chi connectivity index (χ1v) is 10.5. The van der Waals surface area contributed by atoms with Gasteiger partial charge in [-0.1, -0.05) is 0 Å². The summed E-state index contributed by atoms with van der Waals surface area (Å²) in [6, 6.07) is 12.5. The summed E-state index contributed by atoms with van der Waals surface area (Å²) < 4.78 is 51.1. The second-order valence-electron chi connectivity index (χ2n) is 6.52. The highest BCUT2D eigenvalue weighted by Crippen LogP contribution is 2.26. The zero-order valence-electron chi connectivity index (χ0n) is 15.3. The molecule has 0 aromatic heterocycles. The van der Waals surface area contributed by atoms with Crippen molar-refractivity contribution in [1.82, 2.24) is 4.31 Å². The van der Waals surface area contributed by atoms with Crippen molar-refractivity contribution < 1.29 is 22.3 Å². The Morgan fingerprint density at radius 1 is 0.963 bits per heavy atom. The van der Waals surface area contributed by atoms with Crippen LogP contribution in [0.4, 0.5) is 4.39 Å². The first-order chi connectivity index (χ1) is 13.0. The summed E-state index contributed by atoms with van der Waals surface area (Å²) >= 11 is 0. The SMILES string of the molecule is CCOc1ccc(S(=O)(=O)N2CCC(COc3ccc(F)cc3)CC2)cc1. The van der Waals surface area contributed by atoms with E-state index in [-0.39, 0.29) is 16.6 Å². The van der Waals surface area contributed by atoms with Gasteiger partial charge in [-0.2, -0.15) is 4.31 Å². The van der Waals surface area contributed by atoms with Crippen molar-refractivity contribution in [3.05, 3.63) is 54.3 Å². The highest BCUT2D eigenvalue weighted by Gasteiger charge is 2.29. The van der Waals surface area contributed by atoms with Crippen molar-refractivity contribution in [2.75, 3.05) is 26.3 Å². The summed E-state index contributed by atoms with van der Waals surface area (Å²) in [5.74, 6) is 1.27. The van der Waals surface area contributed by atoms with Gasteiger partial charge in [0.1, 0.15) is 17.3 Å². The predicted octanol–water partition coefficient (Wildman–Crippen LogP) is 3.70. The highest BCUT2D eigenvalue weighted by molar-refractivity contribution is 7.89. The first-order valence-electron chi connectivity index (χ1n) is 9.10. The van der Waals surface area contributed by atoms with E-state index in [2.05, 4.69) is 0 Å². The molecule has 2 aromatic carbocycles. The number of nitrogens with zero attached hydrogens (tertiary/aromatic N) is 1. The van der Waals surface area contributed by atoms with E-state index in [0.717, 1.165) is 12.8 Å². The summed E-state index contributed by atoms with van der Waals surface area (Å²) in [5.41, 5.74) is 0. The molecule has 7 heteroatoms. The third kappa shape index (κ3) is 4.99. The van der Waals surface area contributed by atoms with Crippen molar-refractivity contribution in [1.29, 1.82) is 0 Å². The van der Waals surface area contributed by atoms with E-state index in [0.29, 0.717) is 37.8 Å². The van der Waals surface area contributed by atoms with Crippen molar-refractivity contribution >= 4 is 10.0 Å². The van der Waals surface area contributed by atoms with Gasteiger partial charge in [-0.3, -0.25) is 0 Å². The van der Waals surface area contributed by atoms with Gasteiger partial charge < -0.3 is 9.47 Å². The van der Waals surface area contributed by atoms with Crippen molar-refractivity contribution in [2.45, 2.75) is 24.7 Å². The largest absolute Gasteiger partial charge is 0.494 e. The molecule has 5 nitrogen and oxygen atoms in total. The second-order valence-corrected chi connectivity index (χ2v) is 8.45. The van der Waals surface area contributed by atoms with Gasteiger partial charge in [0.25, 0.3) is 0 Å². The van der Waals surface area contributed by atoms with E-state index in [1.807, 2.05) is 6.92 Å². The third-order valence-corrected chi connectivity index (χ3v) is 6.56. The van der Waals surface area contributed by atoms with E-state index in [1.54, 1.807) is 36.4 Å². The van der Waals surface area contributed by atoms with Gasteiger partial charge in [-0.25, -0.2) is 12.8 Å². The topological polar surface area (TPSA) is 55.8 Å². The van der Waals surface area contributed by atoms with Gasteiger partial charge >= 0.3 is 0 Å². The number of halogens is 1. The van der Waals surface area contributed by atoms with Gasteiger partial charge in [0, 0.05) is 13.1 Å². The van der Waals surface area contributed by atoms with E-state index in [9.17, 15) is 12.8 Å². The number of piperidine rings is 1. The third-order valence-electron chi connectivity index (χ3n) is 4.65. The fourth-order valence-electron chi connectivity index (χ4n) is 3.08. The Labute approximate surface area is 159 Å². The quantitative estimate of drug-likeness (QED) is 0.720. The molecule has 0 aliphatic carbocycles. The van der Waals surface area contributed by atoms with E-state index in [4.69, 9.17) is 9.47 Å². The molecule has 2 aromatic rings. The van der Waals surface area contributed by atoms with Crippen LogP contribution in [0.15, 0.2) is 53.4 Å². The summed E-state index contributed by atoms with van der Waals surface area (Å²) in [6.07, 6.45) is 1.47. The Morgan fingerprint density at radius 3 is 2.11 bits per heavy atom. The molecule has 0 atom stereocenters. The molecule has 1 saturated heterocycles. The molecule has 0 amide bonds. The fraction of sp³-hybridized carbons (Fsp3) is 0.400. The number of sulfonamides is 1. The summed E-state index contributed by atoms with van der Waals surface area (Å²) in [7, 11) is -3.49. The lowest BCUT2D eigenvalue weighted by molar-refractivity contribution is 0.185. The molecule has 1 fully saturated rings. The minimum Gasteiger partial charge on any atom is -0.494 e. The Hall–Kier alpha value is -2.12. The standard InChI is InChI=1S/C20H24FNO4S/c1-2-25-18-7-9-20(10-8-18)27(23,24)22-13-11-16(12-14-22)15-26-19-5-3-17(21)4-6-19/h3-10,16H,2,11-15H2,1H3. The molecule has 0 saturated carbocycles. The molecule has 1 aliphatic heterocycles. The summed E-state index contributed by atoms with van der Waals surface area (Å²) in [4.78, 5) is 0.284. The van der Waals surface area contributed by atoms with Crippen LogP contribution < -0.4 is 9.47 Å². The minimum absolute atomic E-state index is 0.279. The smallest absolute Gasteiger partial charge is 0.243 e. The van der Waals surface area contributed by atoms with Crippen LogP contribution in [0.1, 0.15) is 19.8 Å². The highest BCUT2D eigenvalue weighted by atomic mass is 32.2. The monoisotopic (exact) mass is 393 g/mol. The zero-order valence-corrected chi connectivity index (χ0v) is 16.1. The van der Waals surface area contributed by atoms with Crippen molar-refractivity contribution in [2.24, 2.45) is 5.92 Å². The van der Waals surface area contributed by atoms with Crippen LogP contribution in [-0.2, 0) is 10.0 Å². The Kier molecular flexibility index (Phi) is 6.34. The molecule has 0 unspecified atom stereocenters. The van der Waals surface area contributed by atoms with Crippen LogP contribution >= 0.6 is 0 Å². The van der Waals surface area contributed by atoms with E-state index < -0.39 is 10.0 Å². The lowest BCUT2D eigenvalue weighted by atomic mass is 9.99. The Morgan fingerprint density at radius 2 is 1.52 bits per heavy atom. The van der Waals surface area contributed by atoms with Crippen molar-refractivity contribution in [3.8, 4) is 11.5 Å². The summed E-state index contributed by atoms with van der Waals surface area (Å²) in [5, 5.41) is 0. The van der Waals surface area contributed by atoms with Gasteiger partial charge in [0.15, 0.2) is 0 Å². The maximum Gasteiger partial charge on any atom is 0.243 e. The fourth-order valence-corrected chi connectivity index (χ4v) is 4.55. The lowest BCUT2D eigenvalue weighted by Gasteiger charge is -2.31. The molecule has 1 aliphatic rings. The molecule has 0 spiro atoms. The summed E-state index contributed by atoms with van der Waals surface area (Å²) in [6.45, 7) is 3.86. The average Bonchev–Trinajstić information content (AvgIpc) is 2.69. The van der Waals surface area contributed by atoms with Crippen LogP contribution in [0.2, 0.25) is 0 Å². The molecule has 1 heterocycles. The minimum atomic E-state index is -3.49. The molecule has 0 N–H and O–H groups in total. The molecule has 0 bridgehead atoms. The maximum absolute atomic E-state index is 12.9. The van der Waals surface area contributed by atoms with Crippen molar-refractivity contribution in [3.63, 3.8) is 0 Å². The zero-order chi connectivity index (χ0) is 19.3. The molecule has 0 radical (unpaired) electrons. The van der Waals surface area contributed by atoms with Crippen LogP contribution in [-0.4, -0.2) is 39.0 Å². The van der Waals surface area contributed by atoms with Gasteiger partial charge in [0.05, 0.1) is 18.1 Å². The number of ether oxygens (including phenoxy) is 2. The molecule has 27 heavy (non-hydrogen) atoms. The van der Waals surface area contributed by atoms with E-state index in [1.165, 1.54) is 16.4 Å². The van der Waals surface area contributed by atoms with E-state index >= 15 is 0 Å².